The van der Waals surface area contributed by atoms with Gasteiger partial charge in [-0.15, -0.1) is 0 Å². The molecule has 1 aromatic rings. The summed E-state index contributed by atoms with van der Waals surface area (Å²) in [5, 5.41) is 7.92. The summed E-state index contributed by atoms with van der Waals surface area (Å²) in [5.41, 5.74) is 2.95. The van der Waals surface area contributed by atoms with Crippen LogP contribution in [0, 0.1) is 5.82 Å². The van der Waals surface area contributed by atoms with E-state index in [2.05, 4.69) is 15.8 Å². The minimum absolute atomic E-state index is 0.252. The Hall–Kier alpha value is -1.20. The molecule has 3 nitrogen and oxygen atoms in total. The molecule has 0 radical (unpaired) electrons. The number of benzene rings is 1. The molecule has 0 spiro atoms. The summed E-state index contributed by atoms with van der Waals surface area (Å²) in [5.74, 6) is -0.408. The predicted molar refractivity (Wildman–Crippen MR) is 84.7 cm³/mol. The van der Waals surface area contributed by atoms with Crippen LogP contribution in [0.2, 0.25) is 5.02 Å². The van der Waals surface area contributed by atoms with Crippen molar-refractivity contribution in [1.29, 1.82) is 0 Å². The molecule has 0 amide bonds. The maximum Gasteiger partial charge on any atom is 0.187 e. The van der Waals surface area contributed by atoms with E-state index in [4.69, 9.17) is 23.8 Å². The monoisotopic (exact) mass is 313 g/mol. The van der Waals surface area contributed by atoms with E-state index in [9.17, 15) is 4.39 Å². The van der Waals surface area contributed by atoms with Crippen LogP contribution < -0.4 is 10.7 Å². The highest BCUT2D eigenvalue weighted by Gasteiger charge is 2.13. The first-order chi connectivity index (χ1) is 9.66. The van der Waals surface area contributed by atoms with Gasteiger partial charge in [0.25, 0.3) is 0 Å². The van der Waals surface area contributed by atoms with Crippen molar-refractivity contribution in [3.8, 4) is 0 Å². The van der Waals surface area contributed by atoms with Crippen LogP contribution in [-0.2, 0) is 0 Å². The van der Waals surface area contributed by atoms with Crippen LogP contribution in [0.4, 0.5) is 4.39 Å². The number of hydrogen-bond acceptors (Lipinski definition) is 2. The summed E-state index contributed by atoms with van der Waals surface area (Å²) in [4.78, 5) is 0. The highest BCUT2D eigenvalue weighted by molar-refractivity contribution is 7.80. The molecule has 2 rings (SSSR count). The van der Waals surface area contributed by atoms with E-state index in [1.807, 2.05) is 0 Å². The van der Waals surface area contributed by atoms with Crippen molar-refractivity contribution in [3.63, 3.8) is 0 Å². The normalized spacial score (nSPS) is 16.3. The number of hydrogen-bond donors (Lipinski definition) is 2. The van der Waals surface area contributed by atoms with E-state index in [0.29, 0.717) is 16.2 Å². The van der Waals surface area contributed by atoms with Crippen molar-refractivity contribution in [2.45, 2.75) is 38.1 Å². The van der Waals surface area contributed by atoms with E-state index >= 15 is 0 Å². The molecule has 6 heteroatoms. The summed E-state index contributed by atoms with van der Waals surface area (Å²) in [6.07, 6.45) is 7.35. The fourth-order valence-corrected chi connectivity index (χ4v) is 2.69. The third kappa shape index (κ3) is 4.42. The second-order valence-corrected chi connectivity index (χ2v) is 5.63. The summed E-state index contributed by atoms with van der Waals surface area (Å²) < 4.78 is 13.5. The number of nitrogens with zero attached hydrogens (tertiary/aromatic N) is 1. The van der Waals surface area contributed by atoms with Gasteiger partial charge in [-0.05, 0) is 37.2 Å². The van der Waals surface area contributed by atoms with E-state index in [-0.39, 0.29) is 5.56 Å². The molecular weight excluding hydrogens is 297 g/mol. The van der Waals surface area contributed by atoms with Gasteiger partial charge in [-0.25, -0.2) is 4.39 Å². The zero-order chi connectivity index (χ0) is 14.4. The summed E-state index contributed by atoms with van der Waals surface area (Å²) >= 11 is 11.0. The Balaban J connectivity index is 1.84. The molecule has 1 aliphatic rings. The number of hydrazone groups is 1. The summed E-state index contributed by atoms with van der Waals surface area (Å²) in [6.45, 7) is 0. The van der Waals surface area contributed by atoms with Crippen LogP contribution in [0.25, 0.3) is 0 Å². The largest absolute Gasteiger partial charge is 0.359 e. The molecule has 0 heterocycles. The molecule has 0 aromatic heterocycles. The van der Waals surface area contributed by atoms with Gasteiger partial charge in [0.1, 0.15) is 5.82 Å². The highest BCUT2D eigenvalue weighted by Crippen LogP contribution is 2.17. The van der Waals surface area contributed by atoms with Gasteiger partial charge < -0.3 is 5.32 Å². The third-order valence-electron chi connectivity index (χ3n) is 3.30. The van der Waals surface area contributed by atoms with Crippen LogP contribution in [0.5, 0.6) is 0 Å². The molecule has 108 valence electrons. The maximum atomic E-state index is 13.5. The minimum Gasteiger partial charge on any atom is -0.359 e. The van der Waals surface area contributed by atoms with Crippen LogP contribution in [0.15, 0.2) is 23.3 Å². The fourth-order valence-electron chi connectivity index (χ4n) is 2.25. The Morgan fingerprint density at radius 1 is 1.35 bits per heavy atom. The standard InChI is InChI=1S/C14H17ClFN3S/c15-12-7-4-8-13(16)11(12)9-17-19-14(20)18-10-5-2-1-3-6-10/h4,7-10H,1-3,5-6H2,(H2,18,19,20). The van der Waals surface area contributed by atoms with Gasteiger partial charge in [-0.2, -0.15) is 5.10 Å². The molecule has 1 aromatic carbocycles. The van der Waals surface area contributed by atoms with Crippen molar-refractivity contribution in [3.05, 3.63) is 34.6 Å². The minimum atomic E-state index is -0.408. The van der Waals surface area contributed by atoms with Crippen LogP contribution >= 0.6 is 23.8 Å². The number of nitrogens with one attached hydrogen (secondary N) is 2. The summed E-state index contributed by atoms with van der Waals surface area (Å²) in [6, 6.07) is 4.92. The lowest BCUT2D eigenvalue weighted by atomic mass is 9.96. The van der Waals surface area contributed by atoms with E-state index in [1.54, 1.807) is 12.1 Å². The van der Waals surface area contributed by atoms with Crippen molar-refractivity contribution in [2.75, 3.05) is 0 Å². The van der Waals surface area contributed by atoms with Gasteiger partial charge in [-0.1, -0.05) is 36.9 Å². The molecule has 0 unspecified atom stereocenters. The van der Waals surface area contributed by atoms with E-state index < -0.39 is 5.82 Å². The first-order valence-electron chi connectivity index (χ1n) is 6.70. The first kappa shape index (κ1) is 15.2. The zero-order valence-electron chi connectivity index (χ0n) is 11.0. The molecule has 0 bridgehead atoms. The van der Waals surface area contributed by atoms with Gasteiger partial charge in [0.05, 0.1) is 11.2 Å². The second-order valence-electron chi connectivity index (χ2n) is 4.81. The lowest BCUT2D eigenvalue weighted by Crippen LogP contribution is -2.40. The van der Waals surface area contributed by atoms with Crippen LogP contribution in [0.1, 0.15) is 37.7 Å². The highest BCUT2D eigenvalue weighted by atomic mass is 35.5. The van der Waals surface area contributed by atoms with Crippen LogP contribution in [-0.4, -0.2) is 17.4 Å². The Kier molecular flexibility index (Phi) is 5.73. The second kappa shape index (κ2) is 7.55. The number of thiocarbonyl (C=S) groups is 1. The van der Waals surface area contributed by atoms with Crippen molar-refractivity contribution >= 4 is 35.1 Å². The fraction of sp³-hybridized carbons (Fsp3) is 0.429. The molecule has 0 aliphatic heterocycles. The van der Waals surface area contributed by atoms with E-state index in [0.717, 1.165) is 12.8 Å². The van der Waals surface area contributed by atoms with Gasteiger partial charge in [0, 0.05) is 11.6 Å². The Morgan fingerprint density at radius 2 is 2.10 bits per heavy atom. The average Bonchev–Trinajstić information content (AvgIpc) is 2.43. The van der Waals surface area contributed by atoms with E-state index in [1.165, 1.54) is 31.5 Å². The smallest absolute Gasteiger partial charge is 0.187 e. The van der Waals surface area contributed by atoms with Gasteiger partial charge in [-0.3, -0.25) is 5.43 Å². The third-order valence-corrected chi connectivity index (χ3v) is 3.84. The molecule has 1 fully saturated rings. The number of halogens is 2. The molecule has 1 saturated carbocycles. The topological polar surface area (TPSA) is 36.4 Å². The predicted octanol–water partition coefficient (Wildman–Crippen LogP) is 3.61. The lowest BCUT2D eigenvalue weighted by molar-refractivity contribution is 0.412. The van der Waals surface area contributed by atoms with Gasteiger partial charge >= 0.3 is 0 Å². The zero-order valence-corrected chi connectivity index (χ0v) is 12.6. The van der Waals surface area contributed by atoms with Gasteiger partial charge in [0.2, 0.25) is 0 Å². The molecule has 0 atom stereocenters. The van der Waals surface area contributed by atoms with Crippen molar-refractivity contribution in [1.82, 2.24) is 10.7 Å². The average molecular weight is 314 g/mol. The molecule has 0 saturated heterocycles. The molecular formula is C14H17ClFN3S. The molecule has 20 heavy (non-hydrogen) atoms. The molecule has 2 N–H and O–H groups in total. The van der Waals surface area contributed by atoms with Crippen molar-refractivity contribution < 1.29 is 4.39 Å². The first-order valence-corrected chi connectivity index (χ1v) is 7.49. The Morgan fingerprint density at radius 3 is 2.80 bits per heavy atom. The van der Waals surface area contributed by atoms with Gasteiger partial charge in [0.15, 0.2) is 5.11 Å². The Labute approximate surface area is 128 Å². The van der Waals surface area contributed by atoms with Crippen molar-refractivity contribution in [2.24, 2.45) is 5.10 Å². The summed E-state index contributed by atoms with van der Waals surface area (Å²) in [7, 11) is 0. The number of rotatable bonds is 3. The maximum absolute atomic E-state index is 13.5. The quantitative estimate of drug-likeness (QED) is 0.508. The lowest BCUT2D eigenvalue weighted by Gasteiger charge is -2.23. The molecule has 1 aliphatic carbocycles. The Bertz CT molecular complexity index is 481. The SMILES string of the molecule is Fc1cccc(Cl)c1C=NNC(=S)NC1CCCCC1. The van der Waals surface area contributed by atoms with Crippen LogP contribution in [0.3, 0.4) is 0 Å².